The van der Waals surface area contributed by atoms with Crippen molar-refractivity contribution in [1.82, 2.24) is 4.90 Å². The number of amides is 1. The van der Waals surface area contributed by atoms with Gasteiger partial charge in [0.15, 0.2) is 0 Å². The Kier molecular flexibility index (Phi) is 3.59. The first kappa shape index (κ1) is 10.6. The molecule has 0 bridgehead atoms. The van der Waals surface area contributed by atoms with E-state index in [0.29, 0.717) is 0 Å². The van der Waals surface area contributed by atoms with Gasteiger partial charge >= 0.3 is 0 Å². The van der Waals surface area contributed by atoms with Crippen LogP contribution in [0.25, 0.3) is 0 Å². The van der Waals surface area contributed by atoms with Crippen LogP contribution in [0.15, 0.2) is 47.7 Å². The maximum atomic E-state index is 13.1. The fourth-order valence-corrected chi connectivity index (χ4v) is 3.61. The zero-order valence-electron chi connectivity index (χ0n) is 23.9. The summed E-state index contributed by atoms with van der Waals surface area (Å²) in [6.45, 7) is -0.749. The van der Waals surface area contributed by atoms with Gasteiger partial charge in [-0.1, -0.05) is 31.1 Å². The molecule has 1 aromatic heterocycles. The number of aryl methyl sites for hydroxylation is 1. The number of carbonyl (C=O) groups excluding carboxylic acids is 1. The number of nitrogens with zero attached hydrogens (tertiary/aromatic N) is 2. The molecule has 1 saturated heterocycles. The molecule has 2 heterocycles. The van der Waals surface area contributed by atoms with E-state index < -0.39 is 54.7 Å². The van der Waals surface area contributed by atoms with Crippen LogP contribution >= 0.6 is 11.3 Å². The number of anilines is 1. The zero-order chi connectivity index (χ0) is 26.3. The highest BCUT2D eigenvalue weighted by Gasteiger charge is 2.42. The Morgan fingerprint density at radius 2 is 2.12 bits per heavy atom. The van der Waals surface area contributed by atoms with E-state index in [1.807, 2.05) is 0 Å². The van der Waals surface area contributed by atoms with Gasteiger partial charge in [0.25, 0.3) is 0 Å². The largest absolute Gasteiger partial charge is 0.358 e. The molecule has 4 nitrogen and oxygen atoms in total. The highest BCUT2D eigenvalue weighted by Crippen LogP contribution is 2.34. The molecule has 0 saturated carbocycles. The minimum atomic E-state index is -2.37. The van der Waals surface area contributed by atoms with Crippen molar-refractivity contribution >= 4 is 22.9 Å². The summed E-state index contributed by atoms with van der Waals surface area (Å²) in [4.78, 5) is 15.9. The maximum Gasteiger partial charge on any atom is 0.229 e. The lowest BCUT2D eigenvalue weighted by atomic mass is 9.96. The molecule has 0 radical (unpaired) electrons. The number of carbonyl (C=O) groups is 1. The quantitative estimate of drug-likeness (QED) is 0.675. The van der Waals surface area contributed by atoms with Crippen molar-refractivity contribution in [2.75, 3.05) is 31.6 Å². The molecule has 1 fully saturated rings. The normalized spacial score (nSPS) is 23.2. The van der Waals surface area contributed by atoms with E-state index in [9.17, 15) is 4.79 Å². The average molecular weight is 382 g/mol. The van der Waals surface area contributed by atoms with Gasteiger partial charge in [-0.3, -0.25) is 9.69 Å². The maximum absolute atomic E-state index is 13.1. The summed E-state index contributed by atoms with van der Waals surface area (Å²) in [5, 5.41) is 1.68. The molecule has 1 aliphatic heterocycles. The summed E-state index contributed by atoms with van der Waals surface area (Å²) in [7, 11) is 1.36. The lowest BCUT2D eigenvalue weighted by Gasteiger charge is -2.47. The van der Waals surface area contributed by atoms with Crippen LogP contribution in [0.5, 0.6) is 0 Å². The number of methoxy groups -OCH3 is 1. The van der Waals surface area contributed by atoms with Crippen molar-refractivity contribution in [2.45, 2.75) is 38.3 Å². The Morgan fingerprint density at radius 1 is 1.38 bits per heavy atom. The number of benzene rings is 1. The summed E-state index contributed by atoms with van der Waals surface area (Å²) >= 11 is 1.13. The monoisotopic (exact) mass is 381 g/mol. The first-order valence-corrected chi connectivity index (χ1v) is 9.39. The Labute approximate surface area is 173 Å². The van der Waals surface area contributed by atoms with E-state index in [0.717, 1.165) is 16.2 Å². The Morgan fingerprint density at radius 3 is 2.69 bits per heavy atom. The van der Waals surface area contributed by atoms with Gasteiger partial charge in [0.2, 0.25) is 5.91 Å². The number of piperidine rings is 1. The molecule has 3 rings (SSSR count). The molecule has 0 spiro atoms. The SMILES string of the molecule is [2H]c1c([2H])c([2H])c(N(C(=O)CC)C2(OC)CCN(C([2H])([2H])C([2H])([2H])c3cccs3)CC2)c([2H])c1[2H]. The fraction of sp³-hybridized carbons (Fsp3) is 0.476. The van der Waals surface area contributed by atoms with E-state index in [-0.39, 0.29) is 42.9 Å². The molecule has 1 aromatic carbocycles. The molecule has 0 N–H and O–H groups in total. The van der Waals surface area contributed by atoms with E-state index in [2.05, 4.69) is 0 Å². The molecule has 1 aliphatic rings. The lowest BCUT2D eigenvalue weighted by molar-refractivity contribution is -0.128. The van der Waals surface area contributed by atoms with Crippen molar-refractivity contribution in [3.63, 3.8) is 0 Å². The summed E-state index contributed by atoms with van der Waals surface area (Å²) in [6.07, 6.45) is -2.23. The minimum absolute atomic E-state index is 0.0118. The standard InChI is InChI=1S/C21H28N2O2S/c1-3-20(24)23(18-8-5-4-6-9-18)21(25-2)12-15-22(16-13-21)14-11-19-10-7-17-26-19/h4-10,17H,3,11-16H2,1-2H3/i4D,5D,6D,8D,9D,11D2,14D2. The second kappa shape index (κ2) is 8.80. The summed E-state index contributed by atoms with van der Waals surface area (Å²) in [5.41, 5.74) is -1.68. The van der Waals surface area contributed by atoms with E-state index in [1.54, 1.807) is 24.4 Å². The Balaban J connectivity index is 2.01. The van der Waals surface area contributed by atoms with Crippen molar-refractivity contribution in [3.8, 4) is 0 Å². The van der Waals surface area contributed by atoms with Crippen LogP contribution in [0, 0.1) is 0 Å². The minimum Gasteiger partial charge on any atom is -0.358 e. The molecular formula is C21H28N2O2S. The summed E-state index contributed by atoms with van der Waals surface area (Å²) in [6, 6.07) is 0.443. The Bertz CT molecular complexity index is 1060. The lowest BCUT2D eigenvalue weighted by Crippen LogP contribution is -2.59. The molecule has 0 unspecified atom stereocenters. The fourth-order valence-electron chi connectivity index (χ4n) is 3.04. The van der Waals surface area contributed by atoms with Crippen molar-refractivity contribution in [2.24, 2.45) is 0 Å². The van der Waals surface area contributed by atoms with Crippen molar-refractivity contribution in [3.05, 3.63) is 52.6 Å². The Hall–Kier alpha value is -1.69. The molecule has 140 valence electrons. The topological polar surface area (TPSA) is 32.8 Å². The van der Waals surface area contributed by atoms with Gasteiger partial charge in [0.05, 0.1) is 6.85 Å². The van der Waals surface area contributed by atoms with Gasteiger partial charge in [0.1, 0.15) is 5.72 Å². The van der Waals surface area contributed by atoms with E-state index >= 15 is 0 Å². The molecule has 5 heteroatoms. The van der Waals surface area contributed by atoms with Gasteiger partial charge in [-0.05, 0) is 29.9 Å². The van der Waals surface area contributed by atoms with E-state index in [1.165, 1.54) is 12.0 Å². The first-order chi connectivity index (χ1) is 16.3. The van der Waals surface area contributed by atoms with Gasteiger partial charge in [-0.25, -0.2) is 0 Å². The third-order valence-electron chi connectivity index (χ3n) is 4.45. The van der Waals surface area contributed by atoms with Crippen LogP contribution < -0.4 is 4.90 Å². The highest BCUT2D eigenvalue weighted by molar-refractivity contribution is 7.09. The number of hydrogen-bond donors (Lipinski definition) is 0. The van der Waals surface area contributed by atoms with Gasteiger partial charge in [-0.2, -0.15) is 0 Å². The second-order valence-corrected chi connectivity index (χ2v) is 6.86. The molecular weight excluding hydrogens is 344 g/mol. The third-order valence-corrected chi connectivity index (χ3v) is 5.24. The smallest absolute Gasteiger partial charge is 0.229 e. The predicted molar refractivity (Wildman–Crippen MR) is 108 cm³/mol. The van der Waals surface area contributed by atoms with Crippen LogP contribution in [0.4, 0.5) is 5.69 Å². The van der Waals surface area contributed by atoms with E-state index in [4.69, 9.17) is 17.1 Å². The van der Waals surface area contributed by atoms with Crippen molar-refractivity contribution < 1.29 is 21.9 Å². The molecule has 2 aromatic rings. The third kappa shape index (κ3) is 4.17. The molecule has 26 heavy (non-hydrogen) atoms. The van der Waals surface area contributed by atoms with Crippen LogP contribution in [-0.2, 0) is 15.9 Å². The number of para-hydroxylation sites is 1. The average Bonchev–Trinajstić information content (AvgIpc) is 3.39. The number of likely N-dealkylation sites (tertiary alicyclic amines) is 1. The zero-order valence-corrected chi connectivity index (χ0v) is 15.7. The molecule has 0 aliphatic carbocycles. The first-order valence-electron chi connectivity index (χ1n) is 13.0. The summed E-state index contributed by atoms with van der Waals surface area (Å²) in [5.74, 6) is -0.504. The van der Waals surface area contributed by atoms with Crippen LogP contribution in [0.2, 0.25) is 0 Å². The number of thiophene rings is 1. The van der Waals surface area contributed by atoms with Gasteiger partial charge in [-0.15, -0.1) is 11.3 Å². The van der Waals surface area contributed by atoms with Crippen molar-refractivity contribution in [1.29, 1.82) is 0 Å². The van der Waals surface area contributed by atoms with Gasteiger partial charge in [0, 0.05) is 62.0 Å². The van der Waals surface area contributed by atoms with Crippen LogP contribution in [-0.4, -0.2) is 43.2 Å². The van der Waals surface area contributed by atoms with Crippen LogP contribution in [0.1, 0.15) is 43.4 Å². The second-order valence-electron chi connectivity index (χ2n) is 5.91. The highest BCUT2D eigenvalue weighted by atomic mass is 32.1. The number of rotatable bonds is 7. The van der Waals surface area contributed by atoms with Gasteiger partial charge < -0.3 is 9.64 Å². The predicted octanol–water partition coefficient (Wildman–Crippen LogP) is 4.17. The van der Waals surface area contributed by atoms with Crippen LogP contribution in [0.3, 0.4) is 0 Å². The number of hydrogen-bond acceptors (Lipinski definition) is 4. The molecule has 1 amide bonds. The molecule has 0 atom stereocenters. The summed E-state index contributed by atoms with van der Waals surface area (Å²) < 4.78 is 80.6. The number of ether oxygens (including phenoxy) is 1.